The number of hydrogen-bond acceptors (Lipinski definition) is 4. The number of pyridine rings is 1. The van der Waals surface area contributed by atoms with Crippen molar-refractivity contribution >= 4 is 21.7 Å². The van der Waals surface area contributed by atoms with E-state index >= 15 is 0 Å². The summed E-state index contributed by atoms with van der Waals surface area (Å²) in [6.45, 7) is 0. The van der Waals surface area contributed by atoms with Crippen molar-refractivity contribution in [2.24, 2.45) is 0 Å². The van der Waals surface area contributed by atoms with Gasteiger partial charge >= 0.3 is 0 Å². The van der Waals surface area contributed by atoms with Gasteiger partial charge in [-0.2, -0.15) is 0 Å². The monoisotopic (exact) mass is 277 g/mol. The van der Waals surface area contributed by atoms with Crippen molar-refractivity contribution in [2.75, 3.05) is 0 Å². The Hall–Kier alpha value is -1.62. The number of rotatable bonds is 3. The minimum Gasteiger partial charge on any atom is -0.292 e. The fourth-order valence-corrected chi connectivity index (χ4v) is 1.70. The SMILES string of the molecule is O=C(Cc1cncc(Br)c1)c1ccncn1. The molecule has 0 bridgehead atoms. The molecule has 0 aliphatic carbocycles. The van der Waals surface area contributed by atoms with Gasteiger partial charge in [0.25, 0.3) is 0 Å². The maximum absolute atomic E-state index is 11.8. The van der Waals surface area contributed by atoms with E-state index in [1.54, 1.807) is 24.7 Å². The Morgan fingerprint density at radius 2 is 2.19 bits per heavy atom. The molecule has 0 aliphatic rings. The van der Waals surface area contributed by atoms with Gasteiger partial charge in [-0.3, -0.25) is 9.78 Å². The lowest BCUT2D eigenvalue weighted by atomic mass is 10.1. The molecule has 0 spiro atoms. The van der Waals surface area contributed by atoms with Crippen LogP contribution in [0.1, 0.15) is 16.1 Å². The number of nitrogens with zero attached hydrogens (tertiary/aromatic N) is 3. The third-order valence-electron chi connectivity index (χ3n) is 1.99. The molecule has 80 valence electrons. The van der Waals surface area contributed by atoms with Crippen molar-refractivity contribution in [2.45, 2.75) is 6.42 Å². The fraction of sp³-hybridized carbons (Fsp3) is 0.0909. The molecule has 0 fully saturated rings. The summed E-state index contributed by atoms with van der Waals surface area (Å²) in [6.07, 6.45) is 6.57. The average molecular weight is 278 g/mol. The van der Waals surface area contributed by atoms with Gasteiger partial charge in [-0.05, 0) is 33.6 Å². The molecule has 16 heavy (non-hydrogen) atoms. The Morgan fingerprint density at radius 3 is 2.88 bits per heavy atom. The molecule has 0 radical (unpaired) electrons. The quantitative estimate of drug-likeness (QED) is 0.806. The summed E-state index contributed by atoms with van der Waals surface area (Å²) in [5.41, 5.74) is 1.29. The zero-order chi connectivity index (χ0) is 11.4. The fourth-order valence-electron chi connectivity index (χ4n) is 1.28. The zero-order valence-electron chi connectivity index (χ0n) is 8.30. The lowest BCUT2D eigenvalue weighted by molar-refractivity contribution is 0.0988. The van der Waals surface area contributed by atoms with Crippen molar-refractivity contribution in [3.8, 4) is 0 Å². The first-order valence-electron chi connectivity index (χ1n) is 4.64. The summed E-state index contributed by atoms with van der Waals surface area (Å²) in [5.74, 6) is -0.0395. The highest BCUT2D eigenvalue weighted by Gasteiger charge is 2.08. The maximum Gasteiger partial charge on any atom is 0.185 e. The first kappa shape index (κ1) is 10.9. The van der Waals surface area contributed by atoms with E-state index in [4.69, 9.17) is 0 Å². The van der Waals surface area contributed by atoms with Crippen LogP contribution in [-0.4, -0.2) is 20.7 Å². The van der Waals surface area contributed by atoms with Gasteiger partial charge in [-0.15, -0.1) is 0 Å². The average Bonchev–Trinajstić information content (AvgIpc) is 2.30. The number of carbonyl (C=O) groups excluding carboxylic acids is 1. The summed E-state index contributed by atoms with van der Waals surface area (Å²) in [6, 6.07) is 3.47. The van der Waals surface area contributed by atoms with Crippen LogP contribution in [-0.2, 0) is 6.42 Å². The highest BCUT2D eigenvalue weighted by molar-refractivity contribution is 9.10. The molecule has 4 nitrogen and oxygen atoms in total. The largest absolute Gasteiger partial charge is 0.292 e. The van der Waals surface area contributed by atoms with Gasteiger partial charge in [0.1, 0.15) is 12.0 Å². The molecule has 0 aliphatic heterocycles. The maximum atomic E-state index is 11.8. The Balaban J connectivity index is 2.14. The number of halogens is 1. The molecule has 0 atom stereocenters. The van der Waals surface area contributed by atoms with Crippen LogP contribution in [0.4, 0.5) is 0 Å². The molecule has 2 rings (SSSR count). The Labute approximate surface area is 101 Å². The van der Waals surface area contributed by atoms with Crippen LogP contribution in [0, 0.1) is 0 Å². The minimum absolute atomic E-state index is 0.0395. The zero-order valence-corrected chi connectivity index (χ0v) is 9.89. The molecule has 0 amide bonds. The predicted molar refractivity (Wildman–Crippen MR) is 62.0 cm³/mol. The second-order valence-corrected chi connectivity index (χ2v) is 4.12. The van der Waals surface area contributed by atoms with E-state index in [1.807, 2.05) is 6.07 Å². The van der Waals surface area contributed by atoms with E-state index in [0.717, 1.165) is 10.0 Å². The molecule has 2 heterocycles. The molecule has 0 saturated heterocycles. The van der Waals surface area contributed by atoms with Crippen molar-refractivity contribution in [1.82, 2.24) is 15.0 Å². The van der Waals surface area contributed by atoms with E-state index in [9.17, 15) is 4.79 Å². The van der Waals surface area contributed by atoms with Gasteiger partial charge in [-0.1, -0.05) is 0 Å². The minimum atomic E-state index is -0.0395. The number of Topliss-reactive ketones (excluding diaryl/α,β-unsaturated/α-hetero) is 1. The first-order chi connectivity index (χ1) is 7.75. The van der Waals surface area contributed by atoms with Gasteiger partial charge in [-0.25, -0.2) is 9.97 Å². The first-order valence-corrected chi connectivity index (χ1v) is 5.43. The Morgan fingerprint density at radius 1 is 1.31 bits per heavy atom. The number of aromatic nitrogens is 3. The molecule has 0 aromatic carbocycles. The van der Waals surface area contributed by atoms with Crippen LogP contribution in [0.25, 0.3) is 0 Å². The Bertz CT molecular complexity index is 502. The van der Waals surface area contributed by atoms with Crippen LogP contribution >= 0.6 is 15.9 Å². The summed E-state index contributed by atoms with van der Waals surface area (Å²) in [4.78, 5) is 23.5. The molecule has 0 saturated carbocycles. The van der Waals surface area contributed by atoms with Crippen LogP contribution in [0.3, 0.4) is 0 Å². The molecule has 0 N–H and O–H groups in total. The number of ketones is 1. The summed E-state index contributed by atoms with van der Waals surface area (Å²) in [7, 11) is 0. The van der Waals surface area contributed by atoms with Gasteiger partial charge in [0, 0.05) is 29.5 Å². The van der Waals surface area contributed by atoms with E-state index in [-0.39, 0.29) is 5.78 Å². The van der Waals surface area contributed by atoms with Crippen LogP contribution in [0.15, 0.2) is 41.5 Å². The number of carbonyl (C=O) groups is 1. The molecular weight excluding hydrogens is 270 g/mol. The number of hydrogen-bond donors (Lipinski definition) is 0. The second-order valence-electron chi connectivity index (χ2n) is 3.21. The highest BCUT2D eigenvalue weighted by Crippen LogP contribution is 2.11. The van der Waals surface area contributed by atoms with Gasteiger partial charge < -0.3 is 0 Å². The molecule has 2 aromatic heterocycles. The van der Waals surface area contributed by atoms with Crippen molar-refractivity contribution < 1.29 is 4.79 Å². The van der Waals surface area contributed by atoms with Gasteiger partial charge in [0.2, 0.25) is 0 Å². The normalized spacial score (nSPS) is 10.1. The lowest BCUT2D eigenvalue weighted by Gasteiger charge is -2.00. The lowest BCUT2D eigenvalue weighted by Crippen LogP contribution is -2.06. The summed E-state index contributed by atoms with van der Waals surface area (Å²) < 4.78 is 0.862. The molecule has 0 unspecified atom stereocenters. The van der Waals surface area contributed by atoms with Gasteiger partial charge in [0.05, 0.1) is 0 Å². The second kappa shape index (κ2) is 4.94. The third kappa shape index (κ3) is 2.70. The summed E-state index contributed by atoms with van der Waals surface area (Å²) in [5, 5.41) is 0. The predicted octanol–water partition coefficient (Wildman–Crippen LogP) is 2.06. The van der Waals surface area contributed by atoms with Crippen molar-refractivity contribution in [3.05, 3.63) is 52.8 Å². The molecule has 5 heteroatoms. The van der Waals surface area contributed by atoms with E-state index in [1.165, 1.54) is 6.33 Å². The van der Waals surface area contributed by atoms with Crippen LogP contribution < -0.4 is 0 Å². The van der Waals surface area contributed by atoms with E-state index in [0.29, 0.717) is 12.1 Å². The van der Waals surface area contributed by atoms with Crippen molar-refractivity contribution in [1.29, 1.82) is 0 Å². The summed E-state index contributed by atoms with van der Waals surface area (Å²) >= 11 is 3.31. The Kier molecular flexibility index (Phi) is 3.36. The molecule has 2 aromatic rings. The smallest absolute Gasteiger partial charge is 0.185 e. The standard InChI is InChI=1S/C11H8BrN3O/c12-9-3-8(5-14-6-9)4-11(16)10-1-2-13-7-15-10/h1-3,5-7H,4H2. The third-order valence-corrected chi connectivity index (χ3v) is 2.43. The van der Waals surface area contributed by atoms with E-state index < -0.39 is 0 Å². The highest BCUT2D eigenvalue weighted by atomic mass is 79.9. The van der Waals surface area contributed by atoms with Gasteiger partial charge in [0.15, 0.2) is 5.78 Å². The topological polar surface area (TPSA) is 55.7 Å². The van der Waals surface area contributed by atoms with E-state index in [2.05, 4.69) is 30.9 Å². The van der Waals surface area contributed by atoms with Crippen molar-refractivity contribution in [3.63, 3.8) is 0 Å². The molecular formula is C11H8BrN3O. The van der Waals surface area contributed by atoms with Crippen LogP contribution in [0.2, 0.25) is 0 Å². The van der Waals surface area contributed by atoms with Crippen LogP contribution in [0.5, 0.6) is 0 Å².